The lowest BCUT2D eigenvalue weighted by Gasteiger charge is -2.17. The van der Waals surface area contributed by atoms with E-state index in [0.29, 0.717) is 42.5 Å². The number of nitrogens with one attached hydrogen (secondary N) is 3. The number of aromatic amines is 1. The smallest absolute Gasteiger partial charge is 0.318 e. The largest absolute Gasteiger partial charge is 0.497 e. The second kappa shape index (κ2) is 8.78. The lowest BCUT2D eigenvalue weighted by atomic mass is 10.1. The highest BCUT2D eigenvalue weighted by atomic mass is 16.5. The highest BCUT2D eigenvalue weighted by Gasteiger charge is 2.29. The van der Waals surface area contributed by atoms with Gasteiger partial charge in [0.2, 0.25) is 0 Å². The molecule has 9 heteroatoms. The number of hydrogen-bond acceptors (Lipinski definition) is 5. The van der Waals surface area contributed by atoms with Crippen molar-refractivity contribution in [1.29, 1.82) is 0 Å². The summed E-state index contributed by atoms with van der Waals surface area (Å²) in [6.45, 7) is 1.18. The molecule has 0 atom stereocenters. The van der Waals surface area contributed by atoms with E-state index in [1.165, 1.54) is 14.2 Å². The Balaban J connectivity index is 1.42. The number of urea groups is 1. The Labute approximate surface area is 179 Å². The van der Waals surface area contributed by atoms with Crippen molar-refractivity contribution >= 4 is 17.8 Å². The molecule has 1 aliphatic heterocycles. The van der Waals surface area contributed by atoms with Crippen molar-refractivity contribution in [2.45, 2.75) is 19.6 Å². The molecule has 3 amide bonds. The maximum atomic E-state index is 12.8. The van der Waals surface area contributed by atoms with Crippen LogP contribution < -0.4 is 20.1 Å². The van der Waals surface area contributed by atoms with Gasteiger partial charge in [-0.15, -0.1) is 0 Å². The van der Waals surface area contributed by atoms with Gasteiger partial charge in [0, 0.05) is 12.1 Å². The molecule has 4 rings (SSSR count). The van der Waals surface area contributed by atoms with Crippen LogP contribution in [0.2, 0.25) is 0 Å². The molecule has 3 N–H and O–H groups in total. The number of aromatic nitrogens is 2. The summed E-state index contributed by atoms with van der Waals surface area (Å²) in [6, 6.07) is 14.5. The molecule has 9 nitrogen and oxygen atoms in total. The molecule has 0 radical (unpaired) electrons. The summed E-state index contributed by atoms with van der Waals surface area (Å²) in [5.41, 5.74) is 2.93. The lowest BCUT2D eigenvalue weighted by Crippen LogP contribution is -2.36. The van der Waals surface area contributed by atoms with Gasteiger partial charge in [0.15, 0.2) is 5.82 Å². The summed E-state index contributed by atoms with van der Waals surface area (Å²) in [5, 5.41) is 12.8. The predicted molar refractivity (Wildman–Crippen MR) is 114 cm³/mol. The zero-order chi connectivity index (χ0) is 21.8. The molecular formula is C22H23N5O4. The fraction of sp³-hybridized carbons (Fsp3) is 0.227. The van der Waals surface area contributed by atoms with E-state index < -0.39 is 0 Å². The van der Waals surface area contributed by atoms with Crippen molar-refractivity contribution in [2.75, 3.05) is 19.5 Å². The molecule has 0 unspecified atom stereocenters. The summed E-state index contributed by atoms with van der Waals surface area (Å²) in [4.78, 5) is 27.1. The number of H-pyrrole nitrogens is 1. The third-order valence-electron chi connectivity index (χ3n) is 5.11. The average molecular weight is 421 g/mol. The zero-order valence-corrected chi connectivity index (χ0v) is 17.3. The van der Waals surface area contributed by atoms with Crippen LogP contribution >= 0.6 is 0 Å². The van der Waals surface area contributed by atoms with Gasteiger partial charge in [0.1, 0.15) is 11.5 Å². The van der Waals surface area contributed by atoms with Crippen LogP contribution in [0, 0.1) is 0 Å². The van der Waals surface area contributed by atoms with E-state index in [2.05, 4.69) is 20.8 Å². The Morgan fingerprint density at radius 3 is 2.65 bits per heavy atom. The molecule has 0 saturated heterocycles. The van der Waals surface area contributed by atoms with Gasteiger partial charge in [0.05, 0.1) is 38.6 Å². The number of amides is 3. The standard InChI is InChI=1S/C22H23N5O4/c1-30-15-8-9-19(31-2)16(10-15)21(28)24-20-17-12-27(13-18(17)25-26-20)22(29)23-11-14-6-4-3-5-7-14/h3-10H,11-13H2,1-2H3,(H,23,29)(H2,24,25,26,28). The first kappa shape index (κ1) is 20.3. The number of hydrogen-bond donors (Lipinski definition) is 3. The molecule has 2 aromatic carbocycles. The normalized spacial score (nSPS) is 12.3. The van der Waals surface area contributed by atoms with E-state index >= 15 is 0 Å². The molecule has 3 aromatic rings. The number of benzene rings is 2. The summed E-state index contributed by atoms with van der Waals surface area (Å²) < 4.78 is 10.5. The van der Waals surface area contributed by atoms with Crippen molar-refractivity contribution in [3.05, 3.63) is 70.9 Å². The molecule has 31 heavy (non-hydrogen) atoms. The Morgan fingerprint density at radius 2 is 1.90 bits per heavy atom. The number of carbonyl (C=O) groups excluding carboxylic acids is 2. The van der Waals surface area contributed by atoms with Gasteiger partial charge in [-0.05, 0) is 23.8 Å². The average Bonchev–Trinajstić information content (AvgIpc) is 3.39. The highest BCUT2D eigenvalue weighted by Crippen LogP contribution is 2.29. The molecule has 0 saturated carbocycles. The number of rotatable bonds is 6. The molecule has 0 spiro atoms. The van der Waals surface area contributed by atoms with Crippen LogP contribution in [-0.2, 0) is 19.6 Å². The van der Waals surface area contributed by atoms with Crippen LogP contribution in [0.5, 0.6) is 11.5 Å². The SMILES string of the molecule is COc1ccc(OC)c(C(=O)Nc2n[nH]c3c2CN(C(=O)NCc2ccccc2)C3)c1. The van der Waals surface area contributed by atoms with Gasteiger partial charge in [-0.3, -0.25) is 9.89 Å². The van der Waals surface area contributed by atoms with Crippen molar-refractivity contribution < 1.29 is 19.1 Å². The molecule has 0 aliphatic carbocycles. The second-order valence-electron chi connectivity index (χ2n) is 7.05. The summed E-state index contributed by atoms with van der Waals surface area (Å²) in [5.74, 6) is 0.979. The maximum Gasteiger partial charge on any atom is 0.318 e. The minimum atomic E-state index is -0.378. The first-order chi connectivity index (χ1) is 15.1. The van der Waals surface area contributed by atoms with Crippen LogP contribution in [0.15, 0.2) is 48.5 Å². The molecular weight excluding hydrogens is 398 g/mol. The van der Waals surface area contributed by atoms with Crippen LogP contribution in [0.1, 0.15) is 27.2 Å². The first-order valence-electron chi connectivity index (χ1n) is 9.75. The molecule has 0 bridgehead atoms. The van der Waals surface area contributed by atoms with Crippen LogP contribution in [0.25, 0.3) is 0 Å². The first-order valence-corrected chi connectivity index (χ1v) is 9.75. The van der Waals surface area contributed by atoms with Crippen LogP contribution in [0.4, 0.5) is 10.6 Å². The molecule has 0 fully saturated rings. The zero-order valence-electron chi connectivity index (χ0n) is 17.3. The van der Waals surface area contributed by atoms with Crippen LogP contribution in [0.3, 0.4) is 0 Å². The van der Waals surface area contributed by atoms with Crippen molar-refractivity contribution in [2.24, 2.45) is 0 Å². The Hall–Kier alpha value is -4.01. The third-order valence-corrected chi connectivity index (χ3v) is 5.11. The van der Waals surface area contributed by atoms with Crippen molar-refractivity contribution in [3.8, 4) is 11.5 Å². The molecule has 1 aromatic heterocycles. The summed E-state index contributed by atoms with van der Waals surface area (Å²) >= 11 is 0. The minimum absolute atomic E-state index is 0.180. The van der Waals surface area contributed by atoms with Gasteiger partial charge in [0.25, 0.3) is 5.91 Å². The monoisotopic (exact) mass is 421 g/mol. The number of fused-ring (bicyclic) bond motifs is 1. The molecule has 160 valence electrons. The molecule has 1 aliphatic rings. The van der Waals surface area contributed by atoms with E-state index in [1.807, 2.05) is 30.3 Å². The maximum absolute atomic E-state index is 12.8. The number of ether oxygens (including phenoxy) is 2. The second-order valence-corrected chi connectivity index (χ2v) is 7.05. The van der Waals surface area contributed by atoms with E-state index in [1.54, 1.807) is 23.1 Å². The van der Waals surface area contributed by atoms with E-state index in [9.17, 15) is 9.59 Å². The topological polar surface area (TPSA) is 109 Å². The van der Waals surface area contributed by atoms with Crippen LogP contribution in [-0.4, -0.2) is 41.3 Å². The third kappa shape index (κ3) is 4.30. The van der Waals surface area contributed by atoms with E-state index in [4.69, 9.17) is 9.47 Å². The fourth-order valence-electron chi connectivity index (χ4n) is 3.44. The Kier molecular flexibility index (Phi) is 5.74. The van der Waals surface area contributed by atoms with Gasteiger partial charge in [-0.1, -0.05) is 30.3 Å². The lowest BCUT2D eigenvalue weighted by molar-refractivity contribution is 0.102. The summed E-state index contributed by atoms with van der Waals surface area (Å²) in [6.07, 6.45) is 0. The Morgan fingerprint density at radius 1 is 1.10 bits per heavy atom. The minimum Gasteiger partial charge on any atom is -0.497 e. The van der Waals surface area contributed by atoms with E-state index in [-0.39, 0.29) is 11.9 Å². The molecule has 2 heterocycles. The van der Waals surface area contributed by atoms with Gasteiger partial charge < -0.3 is 25.0 Å². The number of carbonyl (C=O) groups is 2. The Bertz CT molecular complexity index is 1100. The fourth-order valence-corrected chi connectivity index (χ4v) is 3.44. The number of anilines is 1. The van der Waals surface area contributed by atoms with Gasteiger partial charge >= 0.3 is 6.03 Å². The predicted octanol–water partition coefficient (Wildman–Crippen LogP) is 2.90. The van der Waals surface area contributed by atoms with Crippen molar-refractivity contribution in [3.63, 3.8) is 0 Å². The van der Waals surface area contributed by atoms with Gasteiger partial charge in [-0.2, -0.15) is 5.10 Å². The highest BCUT2D eigenvalue weighted by molar-refractivity contribution is 6.06. The number of methoxy groups -OCH3 is 2. The summed E-state index contributed by atoms with van der Waals surface area (Å²) in [7, 11) is 3.03. The van der Waals surface area contributed by atoms with Crippen molar-refractivity contribution in [1.82, 2.24) is 20.4 Å². The number of nitrogens with zero attached hydrogens (tertiary/aromatic N) is 2. The van der Waals surface area contributed by atoms with Gasteiger partial charge in [-0.25, -0.2) is 4.79 Å². The quantitative estimate of drug-likeness (QED) is 0.567. The van der Waals surface area contributed by atoms with E-state index in [0.717, 1.165) is 16.8 Å².